The predicted molar refractivity (Wildman–Crippen MR) is 75.2 cm³/mol. The van der Waals surface area contributed by atoms with E-state index >= 15 is 0 Å². The standard InChI is InChI=1S/C13H20FN3O2S/c1-16-6-3-7-17(9-8-16)20(18,19)13-5-2-4-12(14)11(13)10-15/h2,4-5H,3,6-10,15H2,1H3. The van der Waals surface area contributed by atoms with E-state index in [-0.39, 0.29) is 17.0 Å². The normalized spacial score (nSPS) is 18.9. The second-order valence-electron chi connectivity index (χ2n) is 4.98. The van der Waals surface area contributed by atoms with E-state index in [4.69, 9.17) is 5.73 Å². The lowest BCUT2D eigenvalue weighted by Crippen LogP contribution is -2.35. The van der Waals surface area contributed by atoms with Crippen LogP contribution in [0.25, 0.3) is 0 Å². The quantitative estimate of drug-likeness (QED) is 0.888. The summed E-state index contributed by atoms with van der Waals surface area (Å²) >= 11 is 0. The van der Waals surface area contributed by atoms with Gasteiger partial charge >= 0.3 is 0 Å². The van der Waals surface area contributed by atoms with Crippen LogP contribution in [-0.4, -0.2) is 50.8 Å². The summed E-state index contributed by atoms with van der Waals surface area (Å²) < 4.78 is 40.5. The van der Waals surface area contributed by atoms with Crippen molar-refractivity contribution in [2.24, 2.45) is 5.73 Å². The third-order valence-electron chi connectivity index (χ3n) is 3.58. The SMILES string of the molecule is CN1CCCN(S(=O)(=O)c2cccc(F)c2CN)CC1. The van der Waals surface area contributed by atoms with Crippen molar-refractivity contribution < 1.29 is 12.8 Å². The largest absolute Gasteiger partial charge is 0.326 e. The van der Waals surface area contributed by atoms with Crippen molar-refractivity contribution in [3.8, 4) is 0 Å². The molecule has 0 aromatic heterocycles. The number of likely N-dealkylation sites (N-methyl/N-ethyl adjacent to an activating group) is 1. The number of halogens is 1. The van der Waals surface area contributed by atoms with Gasteiger partial charge in [-0.15, -0.1) is 0 Å². The number of sulfonamides is 1. The highest BCUT2D eigenvalue weighted by atomic mass is 32.2. The monoisotopic (exact) mass is 301 g/mol. The fourth-order valence-corrected chi connectivity index (χ4v) is 4.09. The van der Waals surface area contributed by atoms with E-state index < -0.39 is 15.8 Å². The van der Waals surface area contributed by atoms with Crippen LogP contribution in [-0.2, 0) is 16.6 Å². The molecule has 0 atom stereocenters. The maximum Gasteiger partial charge on any atom is 0.243 e. The minimum atomic E-state index is -3.69. The van der Waals surface area contributed by atoms with Crippen molar-refractivity contribution in [3.63, 3.8) is 0 Å². The van der Waals surface area contributed by atoms with Crippen LogP contribution in [0.15, 0.2) is 23.1 Å². The molecule has 1 fully saturated rings. The predicted octanol–water partition coefficient (Wildman–Crippen LogP) is 0.611. The van der Waals surface area contributed by atoms with E-state index in [1.54, 1.807) is 0 Å². The number of nitrogens with zero attached hydrogens (tertiary/aromatic N) is 2. The van der Waals surface area contributed by atoms with E-state index in [0.717, 1.165) is 13.0 Å². The summed E-state index contributed by atoms with van der Waals surface area (Å²) in [5.74, 6) is -0.569. The van der Waals surface area contributed by atoms with E-state index in [9.17, 15) is 12.8 Å². The molecule has 2 rings (SSSR count). The van der Waals surface area contributed by atoms with Gasteiger partial charge in [0.15, 0.2) is 0 Å². The van der Waals surface area contributed by atoms with Crippen LogP contribution in [0.1, 0.15) is 12.0 Å². The molecule has 0 spiro atoms. The Balaban J connectivity index is 2.37. The van der Waals surface area contributed by atoms with E-state index in [0.29, 0.717) is 19.6 Å². The van der Waals surface area contributed by atoms with Crippen LogP contribution in [0.4, 0.5) is 4.39 Å². The number of nitrogens with two attached hydrogens (primary N) is 1. The van der Waals surface area contributed by atoms with Gasteiger partial charge in [0.05, 0.1) is 4.90 Å². The maximum atomic E-state index is 13.7. The van der Waals surface area contributed by atoms with E-state index in [1.807, 2.05) is 7.05 Å². The Kier molecular flexibility index (Phi) is 4.74. The van der Waals surface area contributed by atoms with Gasteiger partial charge in [-0.1, -0.05) is 6.07 Å². The fourth-order valence-electron chi connectivity index (χ4n) is 2.38. The third kappa shape index (κ3) is 3.01. The first-order valence-corrected chi connectivity index (χ1v) is 8.07. The van der Waals surface area contributed by atoms with Crippen molar-refractivity contribution in [1.82, 2.24) is 9.21 Å². The molecule has 1 heterocycles. The molecule has 112 valence electrons. The minimum absolute atomic E-state index is 0.00967. The van der Waals surface area contributed by atoms with Crippen LogP contribution in [0.5, 0.6) is 0 Å². The Hall–Kier alpha value is -1.02. The van der Waals surface area contributed by atoms with Crippen LogP contribution in [0.3, 0.4) is 0 Å². The molecule has 0 aliphatic carbocycles. The molecule has 1 aromatic rings. The Morgan fingerprint density at radius 2 is 2.00 bits per heavy atom. The van der Waals surface area contributed by atoms with Gasteiger partial charge < -0.3 is 10.6 Å². The minimum Gasteiger partial charge on any atom is -0.326 e. The van der Waals surface area contributed by atoms with E-state index in [1.165, 1.54) is 22.5 Å². The molecular formula is C13H20FN3O2S. The summed E-state index contributed by atoms with van der Waals surface area (Å²) in [5.41, 5.74) is 5.56. The Morgan fingerprint density at radius 1 is 1.25 bits per heavy atom. The second kappa shape index (κ2) is 6.17. The number of hydrogen-bond acceptors (Lipinski definition) is 4. The van der Waals surface area contributed by atoms with Gasteiger partial charge in [-0.2, -0.15) is 4.31 Å². The van der Waals surface area contributed by atoms with Gasteiger partial charge in [-0.3, -0.25) is 0 Å². The number of benzene rings is 1. The highest BCUT2D eigenvalue weighted by Gasteiger charge is 2.28. The molecule has 1 aliphatic heterocycles. The molecule has 5 nitrogen and oxygen atoms in total. The second-order valence-corrected chi connectivity index (χ2v) is 6.89. The van der Waals surface area contributed by atoms with Crippen LogP contribution in [0.2, 0.25) is 0 Å². The molecule has 0 radical (unpaired) electrons. The smallest absolute Gasteiger partial charge is 0.243 e. The highest BCUT2D eigenvalue weighted by Crippen LogP contribution is 2.23. The van der Waals surface area contributed by atoms with Gasteiger partial charge in [0.1, 0.15) is 5.82 Å². The van der Waals surface area contributed by atoms with Gasteiger partial charge in [-0.05, 0) is 32.1 Å². The average molecular weight is 301 g/mol. The first-order valence-electron chi connectivity index (χ1n) is 6.63. The van der Waals surface area contributed by atoms with Crippen LogP contribution >= 0.6 is 0 Å². The van der Waals surface area contributed by atoms with Crippen LogP contribution in [0, 0.1) is 5.82 Å². The lowest BCUT2D eigenvalue weighted by atomic mass is 10.2. The lowest BCUT2D eigenvalue weighted by Gasteiger charge is -2.21. The number of hydrogen-bond donors (Lipinski definition) is 1. The van der Waals surface area contributed by atoms with Crippen LogP contribution < -0.4 is 5.73 Å². The van der Waals surface area contributed by atoms with Gasteiger partial charge in [0.2, 0.25) is 10.0 Å². The van der Waals surface area contributed by atoms with Crippen molar-refractivity contribution in [2.45, 2.75) is 17.9 Å². The summed E-state index contributed by atoms with van der Waals surface area (Å²) in [6.45, 7) is 2.27. The highest BCUT2D eigenvalue weighted by molar-refractivity contribution is 7.89. The fraction of sp³-hybridized carbons (Fsp3) is 0.538. The topological polar surface area (TPSA) is 66.6 Å². The van der Waals surface area contributed by atoms with Gasteiger partial charge in [0, 0.05) is 31.7 Å². The Labute approximate surface area is 119 Å². The Morgan fingerprint density at radius 3 is 2.70 bits per heavy atom. The maximum absolute atomic E-state index is 13.7. The summed E-state index contributed by atoms with van der Waals surface area (Å²) in [6.07, 6.45) is 0.767. The molecule has 1 aromatic carbocycles. The van der Waals surface area contributed by atoms with Crippen molar-refractivity contribution in [3.05, 3.63) is 29.6 Å². The molecule has 7 heteroatoms. The molecular weight excluding hydrogens is 281 g/mol. The molecule has 1 aliphatic rings. The third-order valence-corrected chi connectivity index (χ3v) is 5.56. The average Bonchev–Trinajstić information content (AvgIpc) is 2.63. The van der Waals surface area contributed by atoms with Crippen molar-refractivity contribution in [2.75, 3.05) is 33.2 Å². The zero-order valence-electron chi connectivity index (χ0n) is 11.5. The van der Waals surface area contributed by atoms with E-state index in [2.05, 4.69) is 4.90 Å². The molecule has 0 amide bonds. The first kappa shape index (κ1) is 15.4. The van der Waals surface area contributed by atoms with Gasteiger partial charge in [0.25, 0.3) is 0 Å². The van der Waals surface area contributed by atoms with Crippen molar-refractivity contribution >= 4 is 10.0 Å². The molecule has 1 saturated heterocycles. The summed E-state index contributed by atoms with van der Waals surface area (Å²) in [5, 5.41) is 0. The molecule has 0 saturated carbocycles. The molecule has 0 unspecified atom stereocenters. The molecule has 20 heavy (non-hydrogen) atoms. The summed E-state index contributed by atoms with van der Waals surface area (Å²) in [7, 11) is -1.73. The lowest BCUT2D eigenvalue weighted by molar-refractivity contribution is 0.347. The number of rotatable bonds is 3. The van der Waals surface area contributed by atoms with Crippen molar-refractivity contribution in [1.29, 1.82) is 0 Å². The summed E-state index contributed by atoms with van der Waals surface area (Å²) in [6, 6.07) is 4.07. The zero-order valence-corrected chi connectivity index (χ0v) is 12.4. The summed E-state index contributed by atoms with van der Waals surface area (Å²) in [4.78, 5) is 2.08. The zero-order chi connectivity index (χ0) is 14.8. The van der Waals surface area contributed by atoms with Gasteiger partial charge in [-0.25, -0.2) is 12.8 Å². The Bertz CT molecular complexity index is 577. The molecule has 0 bridgehead atoms. The molecule has 2 N–H and O–H groups in total. The first-order chi connectivity index (χ1) is 9.46.